The summed E-state index contributed by atoms with van der Waals surface area (Å²) in [4.78, 5) is 14.7. The van der Waals surface area contributed by atoms with E-state index < -0.39 is 0 Å². The van der Waals surface area contributed by atoms with Crippen molar-refractivity contribution in [3.63, 3.8) is 0 Å². The maximum atomic E-state index is 12.6. The molecule has 1 atom stereocenters. The van der Waals surface area contributed by atoms with Crippen molar-refractivity contribution in [2.75, 3.05) is 6.54 Å². The van der Waals surface area contributed by atoms with Crippen molar-refractivity contribution in [2.24, 2.45) is 5.41 Å². The fourth-order valence-electron chi connectivity index (χ4n) is 2.51. The van der Waals surface area contributed by atoms with Crippen molar-refractivity contribution < 1.29 is 4.79 Å². The van der Waals surface area contributed by atoms with Crippen molar-refractivity contribution in [3.05, 3.63) is 0 Å². The summed E-state index contributed by atoms with van der Waals surface area (Å²) < 4.78 is 0. The average Bonchev–Trinajstić information content (AvgIpc) is 2.30. The first-order chi connectivity index (χ1) is 8.85. The highest BCUT2D eigenvalue weighted by atomic mass is 16.2. The molecule has 0 bridgehead atoms. The van der Waals surface area contributed by atoms with Crippen molar-refractivity contribution in [2.45, 2.75) is 92.5 Å². The zero-order valence-electron chi connectivity index (χ0n) is 14.1. The fourth-order valence-corrected chi connectivity index (χ4v) is 2.51. The van der Waals surface area contributed by atoms with Gasteiger partial charge in [0.25, 0.3) is 0 Å². The third kappa shape index (κ3) is 8.28. The minimum Gasteiger partial charge on any atom is -0.340 e. The Morgan fingerprint density at radius 1 is 1.05 bits per heavy atom. The number of hydrogen-bond acceptors (Lipinski definition) is 1. The maximum Gasteiger partial charge on any atom is 0.223 e. The van der Waals surface area contributed by atoms with Crippen LogP contribution in [0.2, 0.25) is 0 Å². The highest BCUT2D eigenvalue weighted by Gasteiger charge is 2.25. The van der Waals surface area contributed by atoms with Gasteiger partial charge in [-0.3, -0.25) is 4.79 Å². The van der Waals surface area contributed by atoms with Crippen LogP contribution in [0.4, 0.5) is 0 Å². The molecule has 0 aromatic rings. The summed E-state index contributed by atoms with van der Waals surface area (Å²) in [7, 11) is 0. The van der Waals surface area contributed by atoms with Crippen LogP contribution < -0.4 is 0 Å². The Bertz CT molecular complexity index is 242. The summed E-state index contributed by atoms with van der Waals surface area (Å²) in [5.74, 6) is 0.351. The highest BCUT2D eigenvalue weighted by Crippen LogP contribution is 2.22. The van der Waals surface area contributed by atoms with Gasteiger partial charge in [-0.2, -0.15) is 0 Å². The van der Waals surface area contributed by atoms with E-state index in [0.717, 1.165) is 32.2 Å². The highest BCUT2D eigenvalue weighted by molar-refractivity contribution is 5.77. The van der Waals surface area contributed by atoms with Crippen LogP contribution in [0, 0.1) is 5.41 Å². The molecule has 0 aromatic carbocycles. The van der Waals surface area contributed by atoms with E-state index >= 15 is 0 Å². The zero-order chi connectivity index (χ0) is 14.9. The molecule has 0 saturated heterocycles. The van der Waals surface area contributed by atoms with Gasteiger partial charge in [-0.05, 0) is 24.7 Å². The van der Waals surface area contributed by atoms with E-state index in [-0.39, 0.29) is 5.41 Å². The Morgan fingerprint density at radius 3 is 2.11 bits per heavy atom. The van der Waals surface area contributed by atoms with Gasteiger partial charge in [0, 0.05) is 19.0 Å². The molecule has 0 heterocycles. The van der Waals surface area contributed by atoms with Crippen LogP contribution in [-0.2, 0) is 4.79 Å². The molecule has 0 aliphatic carbocycles. The summed E-state index contributed by atoms with van der Waals surface area (Å²) in [6.45, 7) is 14.0. The number of carbonyl (C=O) groups is 1. The lowest BCUT2D eigenvalue weighted by atomic mass is 9.91. The van der Waals surface area contributed by atoms with Crippen LogP contribution in [0.1, 0.15) is 86.5 Å². The monoisotopic (exact) mass is 269 g/mol. The topological polar surface area (TPSA) is 20.3 Å². The number of unbranched alkanes of at least 4 members (excludes halogenated alkanes) is 2. The van der Waals surface area contributed by atoms with Gasteiger partial charge >= 0.3 is 0 Å². The number of hydrogen-bond donors (Lipinski definition) is 0. The summed E-state index contributed by atoms with van der Waals surface area (Å²) >= 11 is 0. The fraction of sp³-hybridized carbons (Fsp3) is 0.941. The molecule has 1 amide bonds. The van der Waals surface area contributed by atoms with E-state index in [2.05, 4.69) is 46.4 Å². The van der Waals surface area contributed by atoms with Crippen molar-refractivity contribution in [3.8, 4) is 0 Å². The molecule has 0 spiro atoms. The Kier molecular flexibility index (Phi) is 9.12. The maximum absolute atomic E-state index is 12.6. The molecule has 0 aliphatic heterocycles. The van der Waals surface area contributed by atoms with E-state index in [1.165, 1.54) is 12.8 Å². The van der Waals surface area contributed by atoms with Gasteiger partial charge in [0.2, 0.25) is 5.91 Å². The molecule has 0 aliphatic rings. The van der Waals surface area contributed by atoms with E-state index in [4.69, 9.17) is 0 Å². The molecule has 2 nitrogen and oxygen atoms in total. The van der Waals surface area contributed by atoms with E-state index in [9.17, 15) is 4.79 Å². The minimum atomic E-state index is 0.0879. The number of carbonyl (C=O) groups excluding carboxylic acids is 1. The minimum absolute atomic E-state index is 0.0879. The lowest BCUT2D eigenvalue weighted by Crippen LogP contribution is -2.42. The predicted octanol–water partition coefficient (Wildman–Crippen LogP) is 5.02. The van der Waals surface area contributed by atoms with Crippen LogP contribution in [0.15, 0.2) is 0 Å². The molecular weight excluding hydrogens is 234 g/mol. The first-order valence-corrected chi connectivity index (χ1v) is 8.15. The van der Waals surface area contributed by atoms with Gasteiger partial charge in [0.05, 0.1) is 0 Å². The van der Waals surface area contributed by atoms with Crippen LogP contribution in [0.25, 0.3) is 0 Å². The van der Waals surface area contributed by atoms with Gasteiger partial charge < -0.3 is 4.90 Å². The second kappa shape index (κ2) is 9.39. The average molecular weight is 269 g/mol. The largest absolute Gasteiger partial charge is 0.340 e. The molecule has 0 N–H and O–H groups in total. The van der Waals surface area contributed by atoms with E-state index in [1.807, 2.05) is 0 Å². The summed E-state index contributed by atoms with van der Waals surface area (Å²) in [5, 5.41) is 0. The Hall–Kier alpha value is -0.530. The molecule has 19 heavy (non-hydrogen) atoms. The van der Waals surface area contributed by atoms with Crippen molar-refractivity contribution in [1.82, 2.24) is 4.90 Å². The Morgan fingerprint density at radius 2 is 1.68 bits per heavy atom. The molecule has 114 valence electrons. The summed E-state index contributed by atoms with van der Waals surface area (Å²) in [5.41, 5.74) is 0.0879. The lowest BCUT2D eigenvalue weighted by Gasteiger charge is -2.33. The lowest BCUT2D eigenvalue weighted by molar-refractivity contribution is -0.135. The van der Waals surface area contributed by atoms with E-state index in [0.29, 0.717) is 18.4 Å². The Balaban J connectivity index is 4.67. The first kappa shape index (κ1) is 18.5. The normalized spacial score (nSPS) is 13.4. The number of rotatable bonds is 9. The van der Waals surface area contributed by atoms with E-state index in [1.54, 1.807) is 0 Å². The first-order valence-electron chi connectivity index (χ1n) is 8.15. The summed E-state index contributed by atoms with van der Waals surface area (Å²) in [6, 6.07) is 0.441. The third-order valence-electron chi connectivity index (χ3n) is 3.54. The molecule has 0 fully saturated rings. The smallest absolute Gasteiger partial charge is 0.223 e. The van der Waals surface area contributed by atoms with Gasteiger partial charge in [-0.15, -0.1) is 0 Å². The molecule has 0 aromatic heterocycles. The Labute approximate surface area is 120 Å². The predicted molar refractivity (Wildman–Crippen MR) is 84.3 cm³/mol. The molecule has 0 rings (SSSR count). The van der Waals surface area contributed by atoms with Crippen molar-refractivity contribution in [1.29, 1.82) is 0 Å². The second-order valence-electron chi connectivity index (χ2n) is 6.88. The van der Waals surface area contributed by atoms with Crippen LogP contribution in [-0.4, -0.2) is 23.4 Å². The molecule has 1 unspecified atom stereocenters. The molecule has 2 heteroatoms. The van der Waals surface area contributed by atoms with Crippen LogP contribution >= 0.6 is 0 Å². The molecule has 0 radical (unpaired) electrons. The second-order valence-corrected chi connectivity index (χ2v) is 6.88. The standard InChI is InChI=1S/C17H35NO/c1-7-10-11-13-18(15(9-3)12-8-2)16(19)14-17(4,5)6/h15H,7-14H2,1-6H3. The number of amides is 1. The van der Waals surface area contributed by atoms with Crippen LogP contribution in [0.5, 0.6) is 0 Å². The van der Waals surface area contributed by atoms with Gasteiger partial charge in [-0.1, -0.05) is 60.8 Å². The van der Waals surface area contributed by atoms with Crippen LogP contribution in [0.3, 0.4) is 0 Å². The van der Waals surface area contributed by atoms with Gasteiger partial charge in [-0.25, -0.2) is 0 Å². The van der Waals surface area contributed by atoms with Gasteiger partial charge in [0.15, 0.2) is 0 Å². The quantitative estimate of drug-likeness (QED) is 0.538. The third-order valence-corrected chi connectivity index (χ3v) is 3.54. The molecular formula is C17H35NO. The van der Waals surface area contributed by atoms with Gasteiger partial charge in [0.1, 0.15) is 0 Å². The zero-order valence-corrected chi connectivity index (χ0v) is 14.1. The number of nitrogens with zero attached hydrogens (tertiary/aromatic N) is 1. The molecule has 0 saturated carbocycles. The SMILES string of the molecule is CCCCCN(C(=O)CC(C)(C)C)C(CC)CCC. The summed E-state index contributed by atoms with van der Waals surface area (Å²) in [6.07, 6.45) is 7.62. The van der Waals surface area contributed by atoms with Crippen molar-refractivity contribution >= 4 is 5.91 Å².